The molecular formula is C24H36N2O2. The van der Waals surface area contributed by atoms with Crippen molar-refractivity contribution >= 4 is 5.91 Å². The van der Waals surface area contributed by atoms with Gasteiger partial charge in [0.05, 0.1) is 11.6 Å². The Labute approximate surface area is 169 Å². The number of amides is 1. The molecule has 3 aliphatic rings. The molecule has 1 amide bonds. The van der Waals surface area contributed by atoms with E-state index in [0.29, 0.717) is 30.4 Å². The molecule has 4 heteroatoms. The number of fused-ring (bicyclic) bond motifs is 4. The third kappa shape index (κ3) is 3.00. The third-order valence-corrected chi connectivity index (χ3v) is 8.04. The standard InChI is InChI=1S/C24H36N2O2/c1-14-8-7-9-15(2)21(14)22-20-13-18-12-19(16(3)25-23(18,5)6)24(20,10-11-28-22)26-17(4)27/h7-9,16,18-20,22,25H,10-13H2,1-6H3,(H,26,27)/t16-,18?,19?,20+,22-,24+/m1/s1. The highest BCUT2D eigenvalue weighted by molar-refractivity contribution is 5.74. The minimum Gasteiger partial charge on any atom is -0.373 e. The van der Waals surface area contributed by atoms with E-state index in [4.69, 9.17) is 4.74 Å². The fourth-order valence-electron chi connectivity index (χ4n) is 6.82. The zero-order valence-electron chi connectivity index (χ0n) is 18.3. The largest absolute Gasteiger partial charge is 0.373 e. The SMILES string of the molecule is CC(=O)N[C@]12CCO[C@@H](c3c(C)cccc3C)[C@@H]1CC1CC2[C@@H](C)NC1(C)C. The summed E-state index contributed by atoms with van der Waals surface area (Å²) in [6.07, 6.45) is 3.22. The molecule has 2 N–H and O–H groups in total. The van der Waals surface area contributed by atoms with E-state index in [-0.39, 0.29) is 23.1 Å². The van der Waals surface area contributed by atoms with Gasteiger partial charge in [-0.15, -0.1) is 0 Å². The molecule has 1 aromatic rings. The normalized spacial score (nSPS) is 39.1. The summed E-state index contributed by atoms with van der Waals surface area (Å²) in [6.45, 7) is 13.7. The second-order valence-electron chi connectivity index (χ2n) is 10.1. The lowest BCUT2D eigenvalue weighted by molar-refractivity contribution is -0.161. The first-order chi connectivity index (χ1) is 13.2. The second-order valence-corrected chi connectivity index (χ2v) is 10.1. The van der Waals surface area contributed by atoms with Crippen LogP contribution in [-0.4, -0.2) is 29.6 Å². The van der Waals surface area contributed by atoms with Crippen LogP contribution >= 0.6 is 0 Å². The van der Waals surface area contributed by atoms with Gasteiger partial charge in [-0.2, -0.15) is 0 Å². The highest BCUT2D eigenvalue weighted by Gasteiger charge is 2.61. The van der Waals surface area contributed by atoms with Crippen LogP contribution < -0.4 is 10.6 Å². The molecule has 2 unspecified atom stereocenters. The molecule has 3 fully saturated rings. The first kappa shape index (κ1) is 19.9. The monoisotopic (exact) mass is 384 g/mol. The van der Waals surface area contributed by atoms with Crippen LogP contribution in [0.4, 0.5) is 0 Å². The van der Waals surface area contributed by atoms with Crippen LogP contribution in [0.3, 0.4) is 0 Å². The van der Waals surface area contributed by atoms with Crippen LogP contribution in [0.25, 0.3) is 0 Å². The van der Waals surface area contributed by atoms with Crippen molar-refractivity contribution < 1.29 is 9.53 Å². The van der Waals surface area contributed by atoms with Gasteiger partial charge in [0.25, 0.3) is 0 Å². The number of piperidine rings is 1. The molecular weight excluding hydrogens is 348 g/mol. The van der Waals surface area contributed by atoms with Gasteiger partial charge in [-0.25, -0.2) is 0 Å². The van der Waals surface area contributed by atoms with Crippen molar-refractivity contribution in [3.05, 3.63) is 34.9 Å². The van der Waals surface area contributed by atoms with Crippen LogP contribution in [0, 0.1) is 31.6 Å². The van der Waals surface area contributed by atoms with Gasteiger partial charge in [-0.3, -0.25) is 4.79 Å². The van der Waals surface area contributed by atoms with E-state index >= 15 is 0 Å². The lowest BCUT2D eigenvalue weighted by Crippen LogP contribution is -2.74. The molecule has 6 atom stereocenters. The average Bonchev–Trinajstić information content (AvgIpc) is 2.58. The minimum absolute atomic E-state index is 0.0493. The quantitative estimate of drug-likeness (QED) is 0.809. The maximum absolute atomic E-state index is 12.4. The Hall–Kier alpha value is -1.39. The molecule has 1 aromatic carbocycles. The van der Waals surface area contributed by atoms with Gasteiger partial charge in [0.2, 0.25) is 5.91 Å². The van der Waals surface area contributed by atoms with E-state index in [1.54, 1.807) is 6.92 Å². The second kappa shape index (κ2) is 6.84. The fraction of sp³-hybridized carbons (Fsp3) is 0.708. The Morgan fingerprint density at radius 2 is 1.82 bits per heavy atom. The van der Waals surface area contributed by atoms with E-state index in [2.05, 4.69) is 63.5 Å². The number of aryl methyl sites for hydroxylation is 2. The number of hydrogen-bond donors (Lipinski definition) is 2. The predicted octanol–water partition coefficient (Wildman–Crippen LogP) is 4.05. The van der Waals surface area contributed by atoms with Crippen molar-refractivity contribution in [2.24, 2.45) is 17.8 Å². The zero-order valence-corrected chi connectivity index (χ0v) is 18.3. The van der Waals surface area contributed by atoms with Crippen molar-refractivity contribution in [1.82, 2.24) is 10.6 Å². The Kier molecular flexibility index (Phi) is 4.86. The number of nitrogens with one attached hydrogen (secondary N) is 2. The summed E-state index contributed by atoms with van der Waals surface area (Å²) >= 11 is 0. The lowest BCUT2D eigenvalue weighted by atomic mass is 9.51. The molecule has 2 saturated heterocycles. The number of benzene rings is 1. The summed E-state index contributed by atoms with van der Waals surface area (Å²) in [5, 5.41) is 7.36. The van der Waals surface area contributed by atoms with E-state index in [0.717, 1.165) is 12.8 Å². The lowest BCUT2D eigenvalue weighted by Gasteiger charge is -2.63. The highest BCUT2D eigenvalue weighted by Crippen LogP contribution is 2.57. The number of hydrogen-bond acceptors (Lipinski definition) is 3. The Balaban J connectivity index is 1.83. The molecule has 2 aliphatic heterocycles. The minimum atomic E-state index is -0.192. The van der Waals surface area contributed by atoms with Gasteiger partial charge in [-0.1, -0.05) is 18.2 Å². The average molecular weight is 385 g/mol. The molecule has 2 bridgehead atoms. The van der Waals surface area contributed by atoms with E-state index in [9.17, 15) is 4.79 Å². The van der Waals surface area contributed by atoms with Crippen LogP contribution in [0.1, 0.15) is 69.8 Å². The third-order valence-electron chi connectivity index (χ3n) is 8.04. The molecule has 0 aromatic heterocycles. The van der Waals surface area contributed by atoms with Crippen molar-refractivity contribution in [1.29, 1.82) is 0 Å². The van der Waals surface area contributed by atoms with Crippen molar-refractivity contribution in [2.75, 3.05) is 6.61 Å². The molecule has 154 valence electrons. The summed E-state index contributed by atoms with van der Waals surface area (Å²) in [7, 11) is 0. The van der Waals surface area contributed by atoms with Gasteiger partial charge in [0.1, 0.15) is 0 Å². The summed E-state index contributed by atoms with van der Waals surface area (Å²) in [5.41, 5.74) is 3.85. The van der Waals surface area contributed by atoms with Gasteiger partial charge in [-0.05, 0) is 82.4 Å². The Bertz CT molecular complexity index is 754. The molecule has 4 nitrogen and oxygen atoms in total. The van der Waals surface area contributed by atoms with E-state index in [1.807, 2.05) is 0 Å². The molecule has 0 radical (unpaired) electrons. The number of ether oxygens (including phenoxy) is 1. The summed E-state index contributed by atoms with van der Waals surface area (Å²) in [5.74, 6) is 1.41. The smallest absolute Gasteiger partial charge is 0.217 e. The van der Waals surface area contributed by atoms with Crippen LogP contribution in [-0.2, 0) is 9.53 Å². The predicted molar refractivity (Wildman–Crippen MR) is 112 cm³/mol. The number of carbonyl (C=O) groups excluding carboxylic acids is 1. The Morgan fingerprint density at radius 3 is 2.46 bits per heavy atom. The number of carbonyl (C=O) groups is 1. The van der Waals surface area contributed by atoms with Crippen LogP contribution in [0.15, 0.2) is 18.2 Å². The zero-order chi connectivity index (χ0) is 20.3. The summed E-state index contributed by atoms with van der Waals surface area (Å²) in [4.78, 5) is 12.4. The van der Waals surface area contributed by atoms with Gasteiger partial charge in [0, 0.05) is 31.0 Å². The maximum Gasteiger partial charge on any atom is 0.217 e. The summed E-state index contributed by atoms with van der Waals surface area (Å²) in [6, 6.07) is 6.89. The van der Waals surface area contributed by atoms with Crippen molar-refractivity contribution in [2.45, 2.75) is 84.0 Å². The van der Waals surface area contributed by atoms with Crippen LogP contribution in [0.5, 0.6) is 0 Å². The van der Waals surface area contributed by atoms with Crippen molar-refractivity contribution in [3.8, 4) is 0 Å². The number of rotatable bonds is 2. The molecule has 1 saturated carbocycles. The van der Waals surface area contributed by atoms with Gasteiger partial charge >= 0.3 is 0 Å². The molecule has 1 aliphatic carbocycles. The maximum atomic E-state index is 12.4. The Morgan fingerprint density at radius 1 is 1.18 bits per heavy atom. The molecule has 4 rings (SSSR count). The van der Waals surface area contributed by atoms with Gasteiger partial charge < -0.3 is 15.4 Å². The molecule has 0 spiro atoms. The topological polar surface area (TPSA) is 50.4 Å². The molecule has 2 heterocycles. The summed E-state index contributed by atoms with van der Waals surface area (Å²) < 4.78 is 6.50. The van der Waals surface area contributed by atoms with Crippen LogP contribution in [0.2, 0.25) is 0 Å². The molecule has 28 heavy (non-hydrogen) atoms. The van der Waals surface area contributed by atoms with Crippen molar-refractivity contribution in [3.63, 3.8) is 0 Å². The first-order valence-electron chi connectivity index (χ1n) is 10.9. The van der Waals surface area contributed by atoms with E-state index < -0.39 is 0 Å². The van der Waals surface area contributed by atoms with E-state index in [1.165, 1.54) is 23.1 Å². The van der Waals surface area contributed by atoms with Gasteiger partial charge in [0.15, 0.2) is 0 Å². The highest BCUT2D eigenvalue weighted by atomic mass is 16.5. The fourth-order valence-corrected chi connectivity index (χ4v) is 6.82. The first-order valence-corrected chi connectivity index (χ1v) is 10.9.